The van der Waals surface area contributed by atoms with Gasteiger partial charge in [0.25, 0.3) is 0 Å². The van der Waals surface area contributed by atoms with Crippen molar-refractivity contribution in [3.8, 4) is 0 Å². The molecule has 2 fully saturated rings. The van der Waals surface area contributed by atoms with Crippen LogP contribution in [-0.4, -0.2) is 33.0 Å². The number of aromatic nitrogens is 4. The molecule has 0 spiro atoms. The summed E-state index contributed by atoms with van der Waals surface area (Å²) in [6, 6.07) is 4.01. The topological polar surface area (TPSA) is 64.9 Å². The van der Waals surface area contributed by atoms with Crippen LogP contribution in [0, 0.1) is 0 Å². The summed E-state index contributed by atoms with van der Waals surface area (Å²) in [7, 11) is 0. The highest BCUT2D eigenvalue weighted by molar-refractivity contribution is 6.29. The molecule has 22 heavy (non-hydrogen) atoms. The second-order valence-corrected chi connectivity index (χ2v) is 6.24. The lowest BCUT2D eigenvalue weighted by Gasteiger charge is -2.23. The van der Waals surface area contributed by atoms with E-state index in [0.29, 0.717) is 17.1 Å². The second kappa shape index (κ2) is 5.85. The molecule has 2 aromatic heterocycles. The van der Waals surface area contributed by atoms with Gasteiger partial charge in [0.15, 0.2) is 5.82 Å². The van der Waals surface area contributed by atoms with Gasteiger partial charge in [-0.1, -0.05) is 11.6 Å². The maximum atomic E-state index is 5.95. The average Bonchev–Trinajstić information content (AvgIpc) is 3.30. The van der Waals surface area contributed by atoms with Gasteiger partial charge in [0.2, 0.25) is 5.95 Å². The average molecular weight is 320 g/mol. The molecule has 0 unspecified atom stereocenters. The van der Waals surface area contributed by atoms with Gasteiger partial charge in [-0.05, 0) is 37.8 Å². The van der Waals surface area contributed by atoms with E-state index in [9.17, 15) is 0 Å². The van der Waals surface area contributed by atoms with Crippen molar-refractivity contribution >= 4 is 23.2 Å². The van der Waals surface area contributed by atoms with Gasteiger partial charge < -0.3 is 10.1 Å². The van der Waals surface area contributed by atoms with Gasteiger partial charge in [-0.3, -0.25) is 0 Å². The highest BCUT2D eigenvalue weighted by atomic mass is 35.5. The monoisotopic (exact) mass is 319 g/mol. The Bertz CT molecular complexity index is 664. The quantitative estimate of drug-likeness (QED) is 0.876. The molecule has 0 atom stereocenters. The van der Waals surface area contributed by atoms with E-state index >= 15 is 0 Å². The Hall–Kier alpha value is -1.66. The molecule has 116 valence electrons. The number of halogens is 1. The van der Waals surface area contributed by atoms with Crippen LogP contribution in [0.3, 0.4) is 0 Å². The molecule has 0 amide bonds. The molecule has 2 aromatic rings. The van der Waals surface area contributed by atoms with Crippen LogP contribution >= 0.6 is 11.6 Å². The van der Waals surface area contributed by atoms with Crippen LogP contribution in [0.4, 0.5) is 11.6 Å². The van der Waals surface area contributed by atoms with Crippen molar-refractivity contribution in [3.63, 3.8) is 0 Å². The van der Waals surface area contributed by atoms with Crippen molar-refractivity contribution in [2.75, 3.05) is 18.5 Å². The minimum absolute atomic E-state index is 0.341. The fourth-order valence-corrected chi connectivity index (χ4v) is 2.91. The maximum Gasteiger partial charge on any atom is 0.226 e. The van der Waals surface area contributed by atoms with E-state index in [1.165, 1.54) is 12.8 Å². The number of hydrogen-bond acceptors (Lipinski definition) is 5. The summed E-state index contributed by atoms with van der Waals surface area (Å²) in [5.41, 5.74) is 0.878. The predicted molar refractivity (Wildman–Crippen MR) is 83.6 cm³/mol. The number of nitrogens with one attached hydrogen (secondary N) is 1. The zero-order chi connectivity index (χ0) is 14.9. The Morgan fingerprint density at radius 1 is 1.23 bits per heavy atom. The van der Waals surface area contributed by atoms with E-state index in [0.717, 1.165) is 43.5 Å². The van der Waals surface area contributed by atoms with Crippen LogP contribution in [0.2, 0.25) is 5.15 Å². The number of rotatable bonds is 4. The molecule has 6 nitrogen and oxygen atoms in total. The third-order valence-corrected chi connectivity index (χ3v) is 4.32. The number of pyridine rings is 1. The minimum atomic E-state index is 0.341. The Labute approximate surface area is 133 Å². The summed E-state index contributed by atoms with van der Waals surface area (Å²) in [6.45, 7) is 1.56. The van der Waals surface area contributed by atoms with Crippen molar-refractivity contribution in [1.82, 2.24) is 19.7 Å². The minimum Gasteiger partial charge on any atom is -0.381 e. The first-order valence-corrected chi connectivity index (χ1v) is 8.10. The maximum absolute atomic E-state index is 5.95. The summed E-state index contributed by atoms with van der Waals surface area (Å²) in [4.78, 5) is 8.71. The number of ether oxygens (including phenoxy) is 1. The standard InChI is InChI=1S/C15H18ClN5O/c16-13-9-11(3-6-17-13)18-15-19-14(10-1-2-10)20-21(15)12-4-7-22-8-5-12/h3,6,9-10,12H,1-2,4-5,7-8H2,(H,17,18,19,20). The summed E-state index contributed by atoms with van der Waals surface area (Å²) < 4.78 is 7.49. The molecule has 0 radical (unpaired) electrons. The van der Waals surface area contributed by atoms with E-state index in [-0.39, 0.29) is 0 Å². The highest BCUT2D eigenvalue weighted by Crippen LogP contribution is 2.39. The molecule has 2 aliphatic rings. The second-order valence-electron chi connectivity index (χ2n) is 5.85. The lowest BCUT2D eigenvalue weighted by atomic mass is 10.1. The van der Waals surface area contributed by atoms with Gasteiger partial charge in [-0.25, -0.2) is 9.67 Å². The molecule has 1 aliphatic carbocycles. The van der Waals surface area contributed by atoms with E-state index in [1.807, 2.05) is 10.7 Å². The predicted octanol–water partition coefficient (Wildman–Crippen LogP) is 3.30. The molecule has 7 heteroatoms. The number of anilines is 2. The summed E-state index contributed by atoms with van der Waals surface area (Å²) in [5, 5.41) is 8.55. The normalized spacial score (nSPS) is 19.3. The SMILES string of the molecule is Clc1cc(Nc2nc(C3CC3)nn2C2CCOCC2)ccn1. The first-order valence-electron chi connectivity index (χ1n) is 7.72. The Balaban J connectivity index is 1.63. The van der Waals surface area contributed by atoms with Crippen LogP contribution in [-0.2, 0) is 4.74 Å². The van der Waals surface area contributed by atoms with Crippen molar-refractivity contribution in [2.45, 2.75) is 37.6 Å². The molecule has 1 saturated carbocycles. The van der Waals surface area contributed by atoms with Crippen molar-refractivity contribution in [2.24, 2.45) is 0 Å². The smallest absolute Gasteiger partial charge is 0.226 e. The fraction of sp³-hybridized carbons (Fsp3) is 0.533. The van der Waals surface area contributed by atoms with E-state index in [4.69, 9.17) is 26.4 Å². The highest BCUT2D eigenvalue weighted by Gasteiger charge is 2.30. The van der Waals surface area contributed by atoms with E-state index in [1.54, 1.807) is 12.3 Å². The Morgan fingerprint density at radius 3 is 2.77 bits per heavy atom. The lowest BCUT2D eigenvalue weighted by Crippen LogP contribution is -2.21. The third-order valence-electron chi connectivity index (χ3n) is 4.11. The largest absolute Gasteiger partial charge is 0.381 e. The molecular formula is C15H18ClN5O. The van der Waals surface area contributed by atoms with E-state index < -0.39 is 0 Å². The first-order chi connectivity index (χ1) is 10.8. The molecular weight excluding hydrogens is 302 g/mol. The van der Waals surface area contributed by atoms with Gasteiger partial charge in [-0.2, -0.15) is 10.1 Å². The van der Waals surface area contributed by atoms with Crippen molar-refractivity contribution < 1.29 is 4.74 Å². The van der Waals surface area contributed by atoms with Crippen LogP contribution < -0.4 is 5.32 Å². The summed E-state index contributed by atoms with van der Waals surface area (Å²) in [6.07, 6.45) is 6.01. The Kier molecular flexibility index (Phi) is 3.72. The van der Waals surface area contributed by atoms with Gasteiger partial charge in [0.1, 0.15) is 5.15 Å². The molecule has 0 bridgehead atoms. The van der Waals surface area contributed by atoms with E-state index in [2.05, 4.69) is 10.3 Å². The van der Waals surface area contributed by atoms with Gasteiger partial charge in [-0.15, -0.1) is 0 Å². The van der Waals surface area contributed by atoms with Gasteiger partial charge in [0.05, 0.1) is 6.04 Å². The molecule has 4 rings (SSSR count). The first kappa shape index (κ1) is 14.0. The fourth-order valence-electron chi connectivity index (χ4n) is 2.73. The zero-order valence-electron chi connectivity index (χ0n) is 12.2. The molecule has 1 saturated heterocycles. The lowest BCUT2D eigenvalue weighted by molar-refractivity contribution is 0.0667. The van der Waals surface area contributed by atoms with Crippen molar-refractivity contribution in [3.05, 3.63) is 29.3 Å². The molecule has 1 N–H and O–H groups in total. The van der Waals surface area contributed by atoms with Gasteiger partial charge >= 0.3 is 0 Å². The van der Waals surface area contributed by atoms with Crippen LogP contribution in [0.1, 0.15) is 43.5 Å². The summed E-state index contributed by atoms with van der Waals surface area (Å²) >= 11 is 5.95. The Morgan fingerprint density at radius 2 is 2.05 bits per heavy atom. The van der Waals surface area contributed by atoms with Crippen LogP contribution in [0.5, 0.6) is 0 Å². The molecule has 1 aliphatic heterocycles. The van der Waals surface area contributed by atoms with Crippen molar-refractivity contribution in [1.29, 1.82) is 0 Å². The number of hydrogen-bond donors (Lipinski definition) is 1. The zero-order valence-corrected chi connectivity index (χ0v) is 13.0. The molecule has 0 aromatic carbocycles. The van der Waals surface area contributed by atoms with Crippen LogP contribution in [0.15, 0.2) is 18.3 Å². The van der Waals surface area contributed by atoms with Gasteiger partial charge in [0, 0.05) is 31.0 Å². The summed E-state index contributed by atoms with van der Waals surface area (Å²) in [5.74, 6) is 2.27. The molecule has 3 heterocycles. The number of nitrogens with zero attached hydrogens (tertiary/aromatic N) is 4. The van der Waals surface area contributed by atoms with Crippen LogP contribution in [0.25, 0.3) is 0 Å². The third kappa shape index (κ3) is 2.94.